The molecule has 19 heavy (non-hydrogen) atoms. The Labute approximate surface area is 121 Å². The molecule has 1 amide bonds. The lowest BCUT2D eigenvalue weighted by Gasteiger charge is -2.42. The smallest absolute Gasteiger partial charge is 0.238 e. The van der Waals surface area contributed by atoms with Crippen LogP contribution in [0.1, 0.15) is 48.0 Å². The molecule has 0 saturated carbocycles. The van der Waals surface area contributed by atoms with Crippen LogP contribution in [0.3, 0.4) is 0 Å². The summed E-state index contributed by atoms with van der Waals surface area (Å²) in [6.45, 7) is 12.9. The molecule has 2 heterocycles. The minimum atomic E-state index is -0.356. The van der Waals surface area contributed by atoms with E-state index in [1.807, 2.05) is 22.9 Å². The minimum absolute atomic E-state index is 0.0137. The number of hydrogen-bond donors (Lipinski definition) is 0. The first kappa shape index (κ1) is 14.7. The first-order valence-corrected chi connectivity index (χ1v) is 7.96. The van der Waals surface area contributed by atoms with Crippen LogP contribution in [0.15, 0.2) is 23.8 Å². The molecule has 0 bridgehead atoms. The van der Waals surface area contributed by atoms with Gasteiger partial charge in [0, 0.05) is 17.0 Å². The number of amides is 1. The zero-order valence-corrected chi connectivity index (χ0v) is 13.7. The van der Waals surface area contributed by atoms with Crippen molar-refractivity contribution in [2.24, 2.45) is 10.8 Å². The SMILES string of the molecule is CC[C@@]12C=CS[C@@H]1C(C)(C)C=CN(C(C)(C)C)C2=O. The normalized spacial score (nSPS) is 33.5. The van der Waals surface area contributed by atoms with Crippen molar-refractivity contribution in [2.75, 3.05) is 0 Å². The van der Waals surface area contributed by atoms with Gasteiger partial charge < -0.3 is 4.90 Å². The molecular weight excluding hydrogens is 254 g/mol. The molecule has 0 aliphatic carbocycles. The van der Waals surface area contributed by atoms with Crippen molar-refractivity contribution in [2.45, 2.75) is 58.8 Å². The topological polar surface area (TPSA) is 20.3 Å². The Kier molecular flexibility index (Phi) is 3.41. The summed E-state index contributed by atoms with van der Waals surface area (Å²) >= 11 is 1.81. The van der Waals surface area contributed by atoms with Gasteiger partial charge in [0.2, 0.25) is 5.91 Å². The first-order valence-electron chi connectivity index (χ1n) is 7.01. The maximum atomic E-state index is 13.1. The van der Waals surface area contributed by atoms with Crippen LogP contribution in [0.2, 0.25) is 0 Å². The van der Waals surface area contributed by atoms with E-state index in [4.69, 9.17) is 0 Å². The quantitative estimate of drug-likeness (QED) is 0.717. The predicted molar refractivity (Wildman–Crippen MR) is 82.8 cm³/mol. The molecule has 106 valence electrons. The molecule has 0 N–H and O–H groups in total. The molecule has 2 aliphatic rings. The highest BCUT2D eigenvalue weighted by molar-refractivity contribution is 8.03. The summed E-state index contributed by atoms with van der Waals surface area (Å²) in [5, 5.41) is 2.41. The van der Waals surface area contributed by atoms with Gasteiger partial charge in [-0.1, -0.05) is 32.9 Å². The molecule has 0 aromatic rings. The molecule has 0 spiro atoms. The fourth-order valence-electron chi connectivity index (χ4n) is 3.10. The second-order valence-electron chi connectivity index (χ2n) is 7.20. The van der Waals surface area contributed by atoms with Crippen molar-refractivity contribution >= 4 is 17.7 Å². The van der Waals surface area contributed by atoms with Crippen LogP contribution in [-0.2, 0) is 4.79 Å². The summed E-state index contributed by atoms with van der Waals surface area (Å²) in [6.07, 6.45) is 7.21. The lowest BCUT2D eigenvalue weighted by atomic mass is 9.70. The minimum Gasteiger partial charge on any atom is -0.313 e. The van der Waals surface area contributed by atoms with E-state index in [9.17, 15) is 4.79 Å². The molecule has 2 nitrogen and oxygen atoms in total. The van der Waals surface area contributed by atoms with Crippen LogP contribution >= 0.6 is 11.8 Å². The number of rotatable bonds is 1. The van der Waals surface area contributed by atoms with Gasteiger partial charge in [-0.2, -0.15) is 0 Å². The van der Waals surface area contributed by atoms with Crippen LogP contribution < -0.4 is 0 Å². The number of hydrogen-bond acceptors (Lipinski definition) is 2. The third-order valence-electron chi connectivity index (χ3n) is 4.30. The highest BCUT2D eigenvalue weighted by Crippen LogP contribution is 2.54. The average molecular weight is 279 g/mol. The van der Waals surface area contributed by atoms with E-state index in [1.54, 1.807) is 0 Å². The lowest BCUT2D eigenvalue weighted by molar-refractivity contribution is -0.141. The Balaban J connectivity index is 2.56. The van der Waals surface area contributed by atoms with Gasteiger partial charge in [-0.05, 0) is 38.0 Å². The van der Waals surface area contributed by atoms with Crippen molar-refractivity contribution in [3.05, 3.63) is 23.8 Å². The van der Waals surface area contributed by atoms with Gasteiger partial charge in [-0.15, -0.1) is 11.8 Å². The van der Waals surface area contributed by atoms with Gasteiger partial charge in [0.1, 0.15) is 0 Å². The molecule has 0 unspecified atom stereocenters. The van der Waals surface area contributed by atoms with Crippen LogP contribution in [0.4, 0.5) is 0 Å². The van der Waals surface area contributed by atoms with Gasteiger partial charge in [0.05, 0.1) is 5.41 Å². The lowest BCUT2D eigenvalue weighted by Crippen LogP contribution is -2.52. The Morgan fingerprint density at radius 3 is 2.47 bits per heavy atom. The van der Waals surface area contributed by atoms with Gasteiger partial charge >= 0.3 is 0 Å². The number of allylic oxidation sites excluding steroid dienone is 1. The molecule has 2 rings (SSSR count). The number of thioether (sulfide) groups is 1. The van der Waals surface area contributed by atoms with E-state index >= 15 is 0 Å². The van der Waals surface area contributed by atoms with E-state index in [1.165, 1.54) is 0 Å². The van der Waals surface area contributed by atoms with Crippen molar-refractivity contribution in [3.8, 4) is 0 Å². The van der Waals surface area contributed by atoms with Crippen molar-refractivity contribution < 1.29 is 4.79 Å². The Morgan fingerprint density at radius 2 is 1.95 bits per heavy atom. The number of fused-ring (bicyclic) bond motifs is 1. The summed E-state index contributed by atoms with van der Waals surface area (Å²) in [5.74, 6) is 0.246. The maximum absolute atomic E-state index is 13.1. The fraction of sp³-hybridized carbons (Fsp3) is 0.688. The third-order valence-corrected chi connectivity index (χ3v) is 5.90. The van der Waals surface area contributed by atoms with E-state index in [0.29, 0.717) is 5.25 Å². The van der Waals surface area contributed by atoms with E-state index < -0.39 is 0 Å². The zero-order valence-electron chi connectivity index (χ0n) is 12.9. The monoisotopic (exact) mass is 279 g/mol. The molecule has 0 fully saturated rings. The van der Waals surface area contributed by atoms with Crippen molar-refractivity contribution in [1.29, 1.82) is 0 Å². The Bertz CT molecular complexity index is 444. The second-order valence-corrected chi connectivity index (χ2v) is 8.21. The molecule has 0 aromatic carbocycles. The maximum Gasteiger partial charge on any atom is 0.238 e. The molecule has 2 aliphatic heterocycles. The Hall–Kier alpha value is -0.700. The molecule has 0 saturated heterocycles. The highest BCUT2D eigenvalue weighted by Gasteiger charge is 2.54. The number of carbonyl (C=O) groups excluding carboxylic acids is 1. The average Bonchev–Trinajstić information content (AvgIpc) is 2.69. The first-order chi connectivity index (χ1) is 8.65. The standard InChI is InChI=1S/C16H25NOS/c1-7-16-9-11-19-12(16)15(5,6)8-10-17(13(16)18)14(2,3)4/h8-12H,7H2,1-6H3/t12-,16-/m1/s1. The van der Waals surface area contributed by atoms with E-state index in [-0.39, 0.29) is 22.3 Å². The van der Waals surface area contributed by atoms with Gasteiger partial charge in [-0.25, -0.2) is 0 Å². The summed E-state index contributed by atoms with van der Waals surface area (Å²) < 4.78 is 0. The molecular formula is C16H25NOS. The zero-order chi connectivity index (χ0) is 14.5. The summed E-state index contributed by atoms with van der Waals surface area (Å²) in [6, 6.07) is 0. The van der Waals surface area contributed by atoms with Crippen molar-refractivity contribution in [1.82, 2.24) is 4.90 Å². The molecule has 0 radical (unpaired) electrons. The third kappa shape index (κ3) is 2.16. The van der Waals surface area contributed by atoms with Gasteiger partial charge in [0.15, 0.2) is 0 Å². The van der Waals surface area contributed by atoms with E-state index in [2.05, 4.69) is 59.1 Å². The number of carbonyl (C=O) groups is 1. The molecule has 3 heteroatoms. The highest BCUT2D eigenvalue weighted by atomic mass is 32.2. The summed E-state index contributed by atoms with van der Waals surface area (Å²) in [5.41, 5.74) is -0.521. The van der Waals surface area contributed by atoms with Crippen LogP contribution in [0.25, 0.3) is 0 Å². The number of nitrogens with zero attached hydrogens (tertiary/aromatic N) is 1. The summed E-state index contributed by atoms with van der Waals surface area (Å²) in [7, 11) is 0. The Morgan fingerprint density at radius 1 is 1.32 bits per heavy atom. The predicted octanol–water partition coefficient (Wildman–Crippen LogP) is 4.19. The van der Waals surface area contributed by atoms with Crippen LogP contribution in [0.5, 0.6) is 0 Å². The summed E-state index contributed by atoms with van der Waals surface area (Å²) in [4.78, 5) is 15.0. The second kappa shape index (κ2) is 4.41. The van der Waals surface area contributed by atoms with E-state index in [0.717, 1.165) is 6.42 Å². The van der Waals surface area contributed by atoms with Gasteiger partial charge in [0.25, 0.3) is 0 Å². The fourth-order valence-corrected chi connectivity index (χ4v) is 4.60. The van der Waals surface area contributed by atoms with Crippen LogP contribution in [0, 0.1) is 10.8 Å². The van der Waals surface area contributed by atoms with Gasteiger partial charge in [-0.3, -0.25) is 4.79 Å². The molecule has 0 aromatic heterocycles. The molecule has 2 atom stereocenters. The largest absolute Gasteiger partial charge is 0.313 e. The van der Waals surface area contributed by atoms with Crippen LogP contribution in [-0.4, -0.2) is 21.6 Å². The van der Waals surface area contributed by atoms with Crippen molar-refractivity contribution in [3.63, 3.8) is 0 Å².